The number of hydrogen-bond donors (Lipinski definition) is 2. The second-order valence-electron chi connectivity index (χ2n) is 10.8. The summed E-state index contributed by atoms with van der Waals surface area (Å²) in [5, 5.41) is 5.43. The zero-order valence-corrected chi connectivity index (χ0v) is 21.9. The van der Waals surface area contributed by atoms with Crippen LogP contribution in [0.25, 0.3) is 0 Å². The Morgan fingerprint density at radius 1 is 0.921 bits per heavy atom. The maximum Gasteiger partial charge on any atom is 0.264 e. The predicted octanol–water partition coefficient (Wildman–Crippen LogP) is 1.83. The van der Waals surface area contributed by atoms with E-state index in [4.69, 9.17) is 0 Å². The fourth-order valence-electron chi connectivity index (χ4n) is 6.14. The van der Waals surface area contributed by atoms with Crippen molar-refractivity contribution in [2.24, 2.45) is 0 Å². The summed E-state index contributed by atoms with van der Waals surface area (Å²) in [6.07, 6.45) is 8.58. The number of piperazine rings is 1. The highest BCUT2D eigenvalue weighted by atomic mass is 16.2. The van der Waals surface area contributed by atoms with Crippen molar-refractivity contribution in [1.29, 1.82) is 0 Å². The number of anilines is 1. The first kappa shape index (κ1) is 26.3. The van der Waals surface area contributed by atoms with Gasteiger partial charge in [0.25, 0.3) is 11.8 Å². The monoisotopic (exact) mass is 523 g/mol. The van der Waals surface area contributed by atoms with Crippen LogP contribution in [0.3, 0.4) is 0 Å². The Morgan fingerprint density at radius 3 is 2.42 bits per heavy atom. The molecule has 10 nitrogen and oxygen atoms in total. The topological polar surface area (TPSA) is 119 Å². The van der Waals surface area contributed by atoms with Gasteiger partial charge in [-0.3, -0.25) is 39.1 Å². The smallest absolute Gasteiger partial charge is 0.264 e. The Labute approximate surface area is 223 Å². The van der Waals surface area contributed by atoms with Crippen LogP contribution in [0, 0.1) is 0 Å². The second-order valence-corrected chi connectivity index (χ2v) is 10.8. The quantitative estimate of drug-likeness (QED) is 0.394. The van der Waals surface area contributed by atoms with Gasteiger partial charge in [0, 0.05) is 45.1 Å². The van der Waals surface area contributed by atoms with Crippen LogP contribution in [0.5, 0.6) is 0 Å². The van der Waals surface area contributed by atoms with Crippen molar-refractivity contribution in [3.8, 4) is 0 Å². The van der Waals surface area contributed by atoms with Gasteiger partial charge < -0.3 is 10.2 Å². The molecule has 2 saturated heterocycles. The van der Waals surface area contributed by atoms with Gasteiger partial charge in [0.1, 0.15) is 6.04 Å². The first-order valence-electron chi connectivity index (χ1n) is 14.0. The molecule has 204 valence electrons. The predicted molar refractivity (Wildman–Crippen MR) is 141 cm³/mol. The number of unbranched alkanes of at least 4 members (excludes halogenated alkanes) is 1. The number of nitrogens with zero attached hydrogens (tertiary/aromatic N) is 3. The molecule has 1 atom stereocenters. The largest absolute Gasteiger partial charge is 0.368 e. The highest BCUT2D eigenvalue weighted by Crippen LogP contribution is 2.34. The first-order chi connectivity index (χ1) is 18.4. The highest BCUT2D eigenvalue weighted by molar-refractivity contribution is 6.25. The summed E-state index contributed by atoms with van der Waals surface area (Å²) in [5.41, 5.74) is 1.38. The van der Waals surface area contributed by atoms with Crippen molar-refractivity contribution >= 4 is 35.2 Å². The molecule has 5 amide bonds. The van der Waals surface area contributed by atoms with Gasteiger partial charge in [0.05, 0.1) is 16.8 Å². The second kappa shape index (κ2) is 11.6. The van der Waals surface area contributed by atoms with Gasteiger partial charge in [0.15, 0.2) is 0 Å². The van der Waals surface area contributed by atoms with E-state index in [9.17, 15) is 24.0 Å². The molecule has 2 N–H and O–H groups in total. The molecule has 3 aliphatic heterocycles. The normalized spacial score (nSPS) is 23.0. The molecular weight excluding hydrogens is 486 g/mol. The third kappa shape index (κ3) is 5.60. The third-order valence-electron chi connectivity index (χ3n) is 8.26. The van der Waals surface area contributed by atoms with E-state index in [1.165, 1.54) is 19.3 Å². The van der Waals surface area contributed by atoms with E-state index < -0.39 is 23.8 Å². The number of rotatable bonds is 8. The zero-order chi connectivity index (χ0) is 26.6. The molecule has 1 saturated carbocycles. The minimum Gasteiger partial charge on any atom is -0.368 e. The summed E-state index contributed by atoms with van der Waals surface area (Å²) >= 11 is 0. The number of imide groups is 2. The number of piperidine rings is 1. The van der Waals surface area contributed by atoms with Gasteiger partial charge in [-0.1, -0.05) is 25.3 Å². The highest BCUT2D eigenvalue weighted by Gasteiger charge is 2.46. The molecule has 1 aliphatic carbocycles. The van der Waals surface area contributed by atoms with Crippen LogP contribution in [0.2, 0.25) is 0 Å². The Morgan fingerprint density at radius 2 is 1.68 bits per heavy atom. The van der Waals surface area contributed by atoms with Gasteiger partial charge in [-0.05, 0) is 50.8 Å². The molecule has 0 spiro atoms. The fraction of sp³-hybridized carbons (Fsp3) is 0.607. The molecule has 0 bridgehead atoms. The van der Waals surface area contributed by atoms with Crippen molar-refractivity contribution in [3.63, 3.8) is 0 Å². The SMILES string of the molecule is O=C1CCC(N2C(=O)c3cccc(N4CCN(CCCCC(=O)NC5CCCCC5)CC4)c3C2=O)C(=O)N1. The number of carbonyl (C=O) groups excluding carboxylic acids is 5. The summed E-state index contributed by atoms with van der Waals surface area (Å²) in [7, 11) is 0. The van der Waals surface area contributed by atoms with Crippen LogP contribution < -0.4 is 15.5 Å². The van der Waals surface area contributed by atoms with Crippen LogP contribution in [-0.4, -0.2) is 84.1 Å². The molecular formula is C28H37N5O5. The van der Waals surface area contributed by atoms with E-state index in [-0.39, 0.29) is 24.7 Å². The summed E-state index contributed by atoms with van der Waals surface area (Å²) in [4.78, 5) is 68.2. The lowest BCUT2D eigenvalue weighted by atomic mass is 9.95. The maximum atomic E-state index is 13.4. The number of carbonyl (C=O) groups is 5. The van der Waals surface area contributed by atoms with Gasteiger partial charge in [-0.2, -0.15) is 0 Å². The number of fused-ring (bicyclic) bond motifs is 1. The van der Waals surface area contributed by atoms with Crippen molar-refractivity contribution in [2.45, 2.75) is 76.3 Å². The van der Waals surface area contributed by atoms with Crippen LogP contribution in [0.1, 0.15) is 84.9 Å². The van der Waals surface area contributed by atoms with Crippen molar-refractivity contribution in [3.05, 3.63) is 29.3 Å². The summed E-state index contributed by atoms with van der Waals surface area (Å²) in [5.74, 6) is -1.76. The zero-order valence-electron chi connectivity index (χ0n) is 21.9. The lowest BCUT2D eigenvalue weighted by Crippen LogP contribution is -2.54. The van der Waals surface area contributed by atoms with E-state index >= 15 is 0 Å². The lowest BCUT2D eigenvalue weighted by molar-refractivity contribution is -0.136. The Hall–Kier alpha value is -3.27. The van der Waals surface area contributed by atoms with E-state index in [1.54, 1.807) is 12.1 Å². The average Bonchev–Trinajstić information content (AvgIpc) is 3.17. The van der Waals surface area contributed by atoms with Gasteiger partial charge in [0.2, 0.25) is 17.7 Å². The molecule has 3 heterocycles. The molecule has 1 aromatic carbocycles. The van der Waals surface area contributed by atoms with Crippen molar-refractivity contribution in [2.75, 3.05) is 37.6 Å². The van der Waals surface area contributed by atoms with E-state index in [0.29, 0.717) is 23.6 Å². The van der Waals surface area contributed by atoms with Gasteiger partial charge >= 0.3 is 0 Å². The number of nitrogens with one attached hydrogen (secondary N) is 2. The molecule has 1 unspecified atom stereocenters. The Kier molecular flexibility index (Phi) is 8.06. The van der Waals surface area contributed by atoms with E-state index in [2.05, 4.69) is 20.4 Å². The van der Waals surface area contributed by atoms with Crippen molar-refractivity contribution < 1.29 is 24.0 Å². The average molecular weight is 524 g/mol. The molecule has 10 heteroatoms. The van der Waals surface area contributed by atoms with Gasteiger partial charge in [-0.15, -0.1) is 0 Å². The summed E-state index contributed by atoms with van der Waals surface area (Å²) in [6.45, 7) is 4.03. The van der Waals surface area contributed by atoms with E-state index in [1.807, 2.05) is 6.07 Å². The Bertz CT molecular complexity index is 1110. The first-order valence-corrected chi connectivity index (χ1v) is 14.0. The van der Waals surface area contributed by atoms with E-state index in [0.717, 1.165) is 69.0 Å². The fourth-order valence-corrected chi connectivity index (χ4v) is 6.14. The summed E-state index contributed by atoms with van der Waals surface area (Å²) in [6, 6.07) is 4.67. The number of amides is 5. The molecule has 4 aliphatic rings. The van der Waals surface area contributed by atoms with Crippen LogP contribution in [0.15, 0.2) is 18.2 Å². The third-order valence-corrected chi connectivity index (χ3v) is 8.26. The van der Waals surface area contributed by atoms with Gasteiger partial charge in [-0.25, -0.2) is 0 Å². The molecule has 38 heavy (non-hydrogen) atoms. The van der Waals surface area contributed by atoms with Crippen molar-refractivity contribution in [1.82, 2.24) is 20.4 Å². The number of hydrogen-bond acceptors (Lipinski definition) is 7. The molecule has 1 aromatic rings. The standard InChI is InChI=1S/C28H37N5O5/c34-23(29-19-7-2-1-3-8-19)11-4-5-14-31-15-17-32(18-16-31)21-10-6-9-20-25(21)28(38)33(27(20)37)22-12-13-24(35)30-26(22)36/h6,9-10,19,22H,1-5,7-8,11-18H2,(H,29,34)(H,30,35,36). The molecule has 5 rings (SSSR count). The molecule has 3 fully saturated rings. The van der Waals surface area contributed by atoms with Crippen LogP contribution >= 0.6 is 0 Å². The maximum absolute atomic E-state index is 13.4. The minimum absolute atomic E-state index is 0.101. The molecule has 0 radical (unpaired) electrons. The Balaban J connectivity index is 1.12. The summed E-state index contributed by atoms with van der Waals surface area (Å²) < 4.78 is 0. The number of benzene rings is 1. The van der Waals surface area contributed by atoms with Crippen LogP contribution in [0.4, 0.5) is 5.69 Å². The lowest BCUT2D eigenvalue weighted by Gasteiger charge is -2.36. The molecule has 0 aromatic heterocycles. The minimum atomic E-state index is -0.963. The van der Waals surface area contributed by atoms with Crippen LogP contribution in [-0.2, 0) is 14.4 Å².